The van der Waals surface area contributed by atoms with Crippen molar-refractivity contribution in [2.45, 2.75) is 25.4 Å². The Hall–Kier alpha value is -1.10. The average Bonchev–Trinajstić information content (AvgIpc) is 2.28. The Bertz CT molecular complexity index is 429. The number of hydrogen-bond acceptors (Lipinski definition) is 1. The third-order valence-corrected chi connectivity index (χ3v) is 2.65. The van der Waals surface area contributed by atoms with Gasteiger partial charge in [-0.1, -0.05) is 0 Å². The second-order valence-electron chi connectivity index (χ2n) is 3.76. The van der Waals surface area contributed by atoms with Gasteiger partial charge < -0.3 is 0 Å². The van der Waals surface area contributed by atoms with Crippen LogP contribution >= 0.6 is 11.6 Å². The van der Waals surface area contributed by atoms with Crippen LogP contribution in [-0.2, 0) is 6.18 Å². The summed E-state index contributed by atoms with van der Waals surface area (Å²) < 4.78 is 50.3. The lowest BCUT2D eigenvalue weighted by Crippen LogP contribution is -2.10. The maximum atomic E-state index is 13.0. The van der Waals surface area contributed by atoms with Crippen LogP contribution in [0.5, 0.6) is 0 Å². The number of rotatable bonds is 5. The molecule has 0 aliphatic heterocycles. The molecule has 0 spiro atoms. The van der Waals surface area contributed by atoms with E-state index in [1.807, 2.05) is 0 Å². The number of ketones is 1. The van der Waals surface area contributed by atoms with Crippen LogP contribution in [0.25, 0.3) is 0 Å². The Kier molecular flexibility index (Phi) is 5.14. The van der Waals surface area contributed by atoms with E-state index in [4.69, 9.17) is 11.6 Å². The first-order chi connectivity index (χ1) is 8.36. The lowest BCUT2D eigenvalue weighted by atomic mass is 10.0. The van der Waals surface area contributed by atoms with Crippen LogP contribution in [0.2, 0.25) is 0 Å². The molecule has 1 aromatic carbocycles. The van der Waals surface area contributed by atoms with E-state index >= 15 is 0 Å². The Morgan fingerprint density at radius 1 is 1.22 bits per heavy atom. The number of Topliss-reactive ketones (excluding diaryl/α,β-unsaturated/α-hetero) is 1. The standard InChI is InChI=1S/C12H11ClF4O/c13-6-2-1-3-11(18)8-4-5-10(14)9(7-8)12(15,16)17/h4-5,7H,1-3,6H2. The molecule has 18 heavy (non-hydrogen) atoms. The number of benzene rings is 1. The molecule has 0 saturated heterocycles. The second kappa shape index (κ2) is 6.18. The van der Waals surface area contributed by atoms with E-state index < -0.39 is 23.3 Å². The lowest BCUT2D eigenvalue weighted by Gasteiger charge is -2.09. The molecule has 0 unspecified atom stereocenters. The molecule has 0 bridgehead atoms. The Labute approximate surface area is 107 Å². The highest BCUT2D eigenvalue weighted by atomic mass is 35.5. The molecule has 6 heteroatoms. The molecule has 100 valence electrons. The molecule has 0 saturated carbocycles. The lowest BCUT2D eigenvalue weighted by molar-refractivity contribution is -0.140. The first kappa shape index (κ1) is 15.0. The maximum absolute atomic E-state index is 13.0. The molecule has 0 aliphatic rings. The molecule has 1 nitrogen and oxygen atoms in total. The maximum Gasteiger partial charge on any atom is 0.419 e. The quantitative estimate of drug-likeness (QED) is 0.338. The summed E-state index contributed by atoms with van der Waals surface area (Å²) in [6.07, 6.45) is -3.58. The molecule has 0 atom stereocenters. The zero-order chi connectivity index (χ0) is 13.8. The van der Waals surface area contributed by atoms with Gasteiger partial charge in [-0.3, -0.25) is 4.79 Å². The molecule has 0 aromatic heterocycles. The highest BCUT2D eigenvalue weighted by Gasteiger charge is 2.34. The Morgan fingerprint density at radius 2 is 1.89 bits per heavy atom. The molecular formula is C12H11ClF4O. The second-order valence-corrected chi connectivity index (χ2v) is 4.14. The molecule has 0 heterocycles. The summed E-state index contributed by atoms with van der Waals surface area (Å²) in [6.45, 7) is 0. The first-order valence-electron chi connectivity index (χ1n) is 5.32. The van der Waals surface area contributed by atoms with Crippen LogP contribution in [0.1, 0.15) is 35.2 Å². The van der Waals surface area contributed by atoms with E-state index in [9.17, 15) is 22.4 Å². The number of hydrogen-bond donors (Lipinski definition) is 0. The summed E-state index contributed by atoms with van der Waals surface area (Å²) in [4.78, 5) is 11.6. The highest BCUT2D eigenvalue weighted by molar-refractivity contribution is 6.17. The van der Waals surface area contributed by atoms with Crippen LogP contribution in [0.4, 0.5) is 17.6 Å². The van der Waals surface area contributed by atoms with E-state index in [1.165, 1.54) is 0 Å². The van der Waals surface area contributed by atoms with Crippen molar-refractivity contribution in [1.29, 1.82) is 0 Å². The van der Waals surface area contributed by atoms with Gasteiger partial charge in [0.1, 0.15) is 5.82 Å². The largest absolute Gasteiger partial charge is 0.419 e. The van der Waals surface area contributed by atoms with E-state index in [2.05, 4.69) is 0 Å². The van der Waals surface area contributed by atoms with Crippen molar-refractivity contribution in [2.75, 3.05) is 5.88 Å². The number of alkyl halides is 4. The normalized spacial score (nSPS) is 11.6. The highest BCUT2D eigenvalue weighted by Crippen LogP contribution is 2.32. The monoisotopic (exact) mass is 282 g/mol. The SMILES string of the molecule is O=C(CCCCCl)c1ccc(F)c(C(F)(F)F)c1. The van der Waals surface area contributed by atoms with E-state index in [1.54, 1.807) is 0 Å². The first-order valence-corrected chi connectivity index (χ1v) is 5.85. The van der Waals surface area contributed by atoms with Crippen LogP contribution in [-0.4, -0.2) is 11.7 Å². The fraction of sp³-hybridized carbons (Fsp3) is 0.417. The summed E-state index contributed by atoms with van der Waals surface area (Å²) in [5.74, 6) is -1.42. The Morgan fingerprint density at radius 3 is 2.44 bits per heavy atom. The molecule has 0 radical (unpaired) electrons. The predicted molar refractivity (Wildman–Crippen MR) is 60.3 cm³/mol. The fourth-order valence-electron chi connectivity index (χ4n) is 1.44. The zero-order valence-electron chi connectivity index (χ0n) is 9.36. The van der Waals surface area contributed by atoms with Gasteiger partial charge in [0.15, 0.2) is 5.78 Å². The van der Waals surface area contributed by atoms with E-state index in [0.717, 1.165) is 6.07 Å². The van der Waals surface area contributed by atoms with Gasteiger partial charge >= 0.3 is 6.18 Å². The molecular weight excluding hydrogens is 272 g/mol. The number of halogens is 5. The van der Waals surface area contributed by atoms with Gasteiger partial charge in [-0.05, 0) is 31.0 Å². The average molecular weight is 283 g/mol. The molecule has 0 N–H and O–H groups in total. The number of carbonyl (C=O) groups is 1. The minimum Gasteiger partial charge on any atom is -0.294 e. The van der Waals surface area contributed by atoms with Crippen molar-refractivity contribution >= 4 is 17.4 Å². The van der Waals surface area contributed by atoms with Crippen LogP contribution in [0, 0.1) is 5.82 Å². The smallest absolute Gasteiger partial charge is 0.294 e. The third-order valence-electron chi connectivity index (χ3n) is 2.38. The zero-order valence-corrected chi connectivity index (χ0v) is 10.1. The van der Waals surface area contributed by atoms with Crippen molar-refractivity contribution in [1.82, 2.24) is 0 Å². The number of unbranched alkanes of at least 4 members (excludes halogenated alkanes) is 1. The van der Waals surface area contributed by atoms with Crippen LogP contribution in [0.15, 0.2) is 18.2 Å². The number of carbonyl (C=O) groups excluding carboxylic acids is 1. The minimum absolute atomic E-state index is 0.107. The van der Waals surface area contributed by atoms with Crippen molar-refractivity contribution in [2.24, 2.45) is 0 Å². The molecule has 1 aromatic rings. The molecule has 0 fully saturated rings. The minimum atomic E-state index is -4.80. The van der Waals surface area contributed by atoms with Crippen LogP contribution in [0.3, 0.4) is 0 Å². The summed E-state index contributed by atoms with van der Waals surface area (Å²) >= 11 is 5.43. The van der Waals surface area contributed by atoms with Gasteiger partial charge in [0.2, 0.25) is 0 Å². The van der Waals surface area contributed by atoms with Gasteiger partial charge in [-0.25, -0.2) is 4.39 Å². The molecule has 0 aliphatic carbocycles. The summed E-state index contributed by atoms with van der Waals surface area (Å²) in [5.41, 5.74) is -1.54. The van der Waals surface area contributed by atoms with Gasteiger partial charge in [-0.2, -0.15) is 13.2 Å². The summed E-state index contributed by atoms with van der Waals surface area (Å²) in [7, 11) is 0. The third kappa shape index (κ3) is 3.98. The Balaban J connectivity index is 2.88. The van der Waals surface area contributed by atoms with Gasteiger partial charge in [0, 0.05) is 17.9 Å². The van der Waals surface area contributed by atoms with E-state index in [0.29, 0.717) is 30.9 Å². The fourth-order valence-corrected chi connectivity index (χ4v) is 1.63. The molecule has 1 rings (SSSR count). The predicted octanol–water partition coefficient (Wildman–Crippen LogP) is 4.44. The van der Waals surface area contributed by atoms with Gasteiger partial charge in [-0.15, -0.1) is 11.6 Å². The van der Waals surface area contributed by atoms with Crippen LogP contribution < -0.4 is 0 Å². The molecule has 0 amide bonds. The van der Waals surface area contributed by atoms with Crippen molar-refractivity contribution < 1.29 is 22.4 Å². The van der Waals surface area contributed by atoms with Crippen molar-refractivity contribution in [3.05, 3.63) is 35.1 Å². The summed E-state index contributed by atoms with van der Waals surface area (Å²) in [5, 5.41) is 0. The van der Waals surface area contributed by atoms with Crippen molar-refractivity contribution in [3.8, 4) is 0 Å². The van der Waals surface area contributed by atoms with E-state index in [-0.39, 0.29) is 12.0 Å². The summed E-state index contributed by atoms with van der Waals surface area (Å²) in [6, 6.07) is 2.28. The topological polar surface area (TPSA) is 17.1 Å². The van der Waals surface area contributed by atoms with Gasteiger partial charge in [0.25, 0.3) is 0 Å². The van der Waals surface area contributed by atoms with Gasteiger partial charge in [0.05, 0.1) is 5.56 Å². The van der Waals surface area contributed by atoms with Crippen molar-refractivity contribution in [3.63, 3.8) is 0 Å².